The Hall–Kier alpha value is -2.23. The monoisotopic (exact) mass is 378 g/mol. The zero-order chi connectivity index (χ0) is 18.6. The summed E-state index contributed by atoms with van der Waals surface area (Å²) in [6.07, 6.45) is 4.98. The standard InChI is InChI=1S/C17H22N4O4S/c1-25-14-5-3-9-21(12-14)17(22)13-4-2-6-15(10-13)26(23,24)20-11-16-18-7-8-19-16/h2,4,6-8,10,14,20H,3,5,9,11-12H2,1H3,(H,18,19)/t14-/m1/s1. The molecule has 1 aromatic heterocycles. The molecule has 8 nitrogen and oxygen atoms in total. The lowest BCUT2D eigenvalue weighted by molar-refractivity contribution is 0.0269. The van der Waals surface area contributed by atoms with Crippen molar-refractivity contribution in [1.82, 2.24) is 19.6 Å². The molecule has 2 aromatic rings. The van der Waals surface area contributed by atoms with Gasteiger partial charge in [-0.25, -0.2) is 18.1 Å². The first-order valence-electron chi connectivity index (χ1n) is 8.39. The van der Waals surface area contributed by atoms with E-state index in [1.165, 1.54) is 12.1 Å². The molecule has 1 aliphatic heterocycles. The third-order valence-electron chi connectivity index (χ3n) is 4.37. The predicted molar refractivity (Wildman–Crippen MR) is 95.0 cm³/mol. The van der Waals surface area contributed by atoms with Crippen LogP contribution in [0.25, 0.3) is 0 Å². The Kier molecular flexibility index (Phi) is 5.70. The summed E-state index contributed by atoms with van der Waals surface area (Å²) in [4.78, 5) is 21.3. The van der Waals surface area contributed by atoms with Crippen LogP contribution in [0.2, 0.25) is 0 Å². The van der Waals surface area contributed by atoms with Crippen LogP contribution in [0.3, 0.4) is 0 Å². The molecule has 0 unspecified atom stereocenters. The van der Waals surface area contributed by atoms with E-state index in [0.717, 1.165) is 12.8 Å². The molecule has 1 aliphatic rings. The van der Waals surface area contributed by atoms with Gasteiger partial charge >= 0.3 is 0 Å². The Balaban J connectivity index is 1.73. The van der Waals surface area contributed by atoms with Crippen LogP contribution in [0.15, 0.2) is 41.6 Å². The van der Waals surface area contributed by atoms with E-state index in [1.54, 1.807) is 36.5 Å². The predicted octanol–water partition coefficient (Wildman–Crippen LogP) is 1.14. The minimum Gasteiger partial charge on any atom is -0.380 e. The molecule has 0 aliphatic carbocycles. The third kappa shape index (κ3) is 4.29. The minimum atomic E-state index is -3.74. The molecular formula is C17H22N4O4S. The van der Waals surface area contributed by atoms with E-state index in [4.69, 9.17) is 4.74 Å². The van der Waals surface area contributed by atoms with Gasteiger partial charge in [0.2, 0.25) is 10.0 Å². The molecule has 1 fully saturated rings. The van der Waals surface area contributed by atoms with E-state index in [-0.39, 0.29) is 23.5 Å². The summed E-state index contributed by atoms with van der Waals surface area (Å²) in [5.41, 5.74) is 0.350. The number of carbonyl (C=O) groups is 1. The molecule has 0 radical (unpaired) electrons. The zero-order valence-electron chi connectivity index (χ0n) is 14.5. The SMILES string of the molecule is CO[C@@H]1CCCN(C(=O)c2cccc(S(=O)(=O)NCc3ncc[nH]3)c2)C1. The van der Waals surface area contributed by atoms with Gasteiger partial charge in [0.25, 0.3) is 5.91 Å². The summed E-state index contributed by atoms with van der Waals surface area (Å²) in [7, 11) is -2.11. The van der Waals surface area contributed by atoms with Gasteiger partial charge in [-0.3, -0.25) is 4.79 Å². The molecule has 9 heteroatoms. The first kappa shape index (κ1) is 18.6. The van der Waals surface area contributed by atoms with E-state index in [0.29, 0.717) is 24.5 Å². The lowest BCUT2D eigenvalue weighted by Crippen LogP contribution is -2.42. The molecule has 0 saturated carbocycles. The number of likely N-dealkylation sites (tertiary alicyclic amines) is 1. The highest BCUT2D eigenvalue weighted by Crippen LogP contribution is 2.18. The Morgan fingerprint density at radius 3 is 3.04 bits per heavy atom. The topological polar surface area (TPSA) is 104 Å². The maximum absolute atomic E-state index is 12.7. The maximum Gasteiger partial charge on any atom is 0.253 e. The van der Waals surface area contributed by atoms with Crippen molar-refractivity contribution in [2.24, 2.45) is 0 Å². The van der Waals surface area contributed by atoms with Crippen LogP contribution < -0.4 is 4.72 Å². The number of hydrogen-bond acceptors (Lipinski definition) is 5. The van der Waals surface area contributed by atoms with Crippen molar-refractivity contribution in [3.63, 3.8) is 0 Å². The Labute approximate surface area is 152 Å². The van der Waals surface area contributed by atoms with Crippen LogP contribution in [-0.4, -0.2) is 55.5 Å². The average molecular weight is 378 g/mol. The number of piperidine rings is 1. The Morgan fingerprint density at radius 2 is 2.31 bits per heavy atom. The lowest BCUT2D eigenvalue weighted by Gasteiger charge is -2.32. The smallest absolute Gasteiger partial charge is 0.253 e. The number of nitrogens with one attached hydrogen (secondary N) is 2. The van der Waals surface area contributed by atoms with E-state index >= 15 is 0 Å². The zero-order valence-corrected chi connectivity index (χ0v) is 15.3. The molecule has 0 spiro atoms. The van der Waals surface area contributed by atoms with Crippen molar-refractivity contribution >= 4 is 15.9 Å². The van der Waals surface area contributed by atoms with Gasteiger partial charge in [-0.15, -0.1) is 0 Å². The quantitative estimate of drug-likeness (QED) is 0.784. The van der Waals surface area contributed by atoms with Crippen LogP contribution in [0.1, 0.15) is 29.0 Å². The second-order valence-electron chi connectivity index (χ2n) is 6.14. The van der Waals surface area contributed by atoms with Gasteiger partial charge < -0.3 is 14.6 Å². The molecule has 2 heterocycles. The fraction of sp³-hybridized carbons (Fsp3) is 0.412. The summed E-state index contributed by atoms with van der Waals surface area (Å²) < 4.78 is 32.8. The molecule has 1 atom stereocenters. The number of imidazole rings is 1. The number of benzene rings is 1. The number of nitrogens with zero attached hydrogens (tertiary/aromatic N) is 2. The molecule has 1 aromatic carbocycles. The summed E-state index contributed by atoms with van der Waals surface area (Å²) >= 11 is 0. The molecule has 3 rings (SSSR count). The number of ether oxygens (including phenoxy) is 1. The number of hydrogen-bond donors (Lipinski definition) is 2. The van der Waals surface area contributed by atoms with Crippen LogP contribution in [0.5, 0.6) is 0 Å². The second kappa shape index (κ2) is 7.98. The molecule has 1 saturated heterocycles. The molecule has 0 bridgehead atoms. The Morgan fingerprint density at radius 1 is 1.46 bits per heavy atom. The largest absolute Gasteiger partial charge is 0.380 e. The number of H-pyrrole nitrogens is 1. The van der Waals surface area contributed by atoms with Crippen LogP contribution in [0.4, 0.5) is 0 Å². The normalized spacial score (nSPS) is 18.0. The third-order valence-corrected chi connectivity index (χ3v) is 5.77. The molecule has 140 valence electrons. The fourth-order valence-corrected chi connectivity index (χ4v) is 3.97. The van der Waals surface area contributed by atoms with Crippen LogP contribution in [-0.2, 0) is 21.3 Å². The van der Waals surface area contributed by atoms with Crippen molar-refractivity contribution in [3.05, 3.63) is 48.0 Å². The number of amides is 1. The van der Waals surface area contributed by atoms with Crippen molar-refractivity contribution < 1.29 is 17.9 Å². The summed E-state index contributed by atoms with van der Waals surface area (Å²) in [6, 6.07) is 6.08. The van der Waals surface area contributed by atoms with Gasteiger partial charge in [-0.1, -0.05) is 6.07 Å². The van der Waals surface area contributed by atoms with Crippen molar-refractivity contribution in [3.8, 4) is 0 Å². The van der Waals surface area contributed by atoms with Gasteiger partial charge in [0.05, 0.1) is 17.5 Å². The highest BCUT2D eigenvalue weighted by molar-refractivity contribution is 7.89. The Bertz CT molecular complexity index is 851. The van der Waals surface area contributed by atoms with E-state index in [2.05, 4.69) is 14.7 Å². The number of methoxy groups -OCH3 is 1. The summed E-state index contributed by atoms with van der Waals surface area (Å²) in [5, 5.41) is 0. The molecule has 1 amide bonds. The second-order valence-corrected chi connectivity index (χ2v) is 7.91. The minimum absolute atomic E-state index is 0.0228. The molecule has 2 N–H and O–H groups in total. The highest BCUT2D eigenvalue weighted by atomic mass is 32.2. The number of carbonyl (C=O) groups excluding carboxylic acids is 1. The van der Waals surface area contributed by atoms with Crippen molar-refractivity contribution in [1.29, 1.82) is 0 Å². The van der Waals surface area contributed by atoms with Gasteiger partial charge in [0.1, 0.15) is 5.82 Å². The van der Waals surface area contributed by atoms with Crippen LogP contribution in [0, 0.1) is 0 Å². The van der Waals surface area contributed by atoms with Gasteiger partial charge in [-0.2, -0.15) is 0 Å². The van der Waals surface area contributed by atoms with Gasteiger partial charge in [0, 0.05) is 38.2 Å². The first-order valence-corrected chi connectivity index (χ1v) is 9.88. The first-order chi connectivity index (χ1) is 12.5. The number of aromatic amines is 1. The number of aromatic nitrogens is 2. The summed E-state index contributed by atoms with van der Waals surface area (Å²) in [5.74, 6) is 0.328. The fourth-order valence-electron chi connectivity index (χ4n) is 2.94. The van der Waals surface area contributed by atoms with Crippen molar-refractivity contribution in [2.45, 2.75) is 30.4 Å². The van der Waals surface area contributed by atoms with Gasteiger partial charge in [-0.05, 0) is 31.0 Å². The van der Waals surface area contributed by atoms with Crippen LogP contribution >= 0.6 is 0 Å². The highest BCUT2D eigenvalue weighted by Gasteiger charge is 2.25. The van der Waals surface area contributed by atoms with E-state index < -0.39 is 10.0 Å². The maximum atomic E-state index is 12.7. The van der Waals surface area contributed by atoms with Gasteiger partial charge in [0.15, 0.2) is 0 Å². The van der Waals surface area contributed by atoms with E-state index in [1.807, 2.05) is 0 Å². The average Bonchev–Trinajstić information content (AvgIpc) is 3.20. The van der Waals surface area contributed by atoms with E-state index in [9.17, 15) is 13.2 Å². The van der Waals surface area contributed by atoms with Crippen molar-refractivity contribution in [2.75, 3.05) is 20.2 Å². The molecule has 26 heavy (non-hydrogen) atoms. The number of sulfonamides is 1. The molecular weight excluding hydrogens is 356 g/mol. The summed E-state index contributed by atoms with van der Waals surface area (Å²) in [6.45, 7) is 1.21. The lowest BCUT2D eigenvalue weighted by atomic mass is 10.1. The number of rotatable bonds is 6.